The second-order valence-corrected chi connectivity index (χ2v) is 5.18. The van der Waals surface area contributed by atoms with Gasteiger partial charge < -0.3 is 15.5 Å². The van der Waals surface area contributed by atoms with Crippen molar-refractivity contribution < 1.29 is 4.79 Å². The number of benzene rings is 1. The van der Waals surface area contributed by atoms with Crippen LogP contribution in [-0.2, 0) is 17.8 Å². The highest BCUT2D eigenvalue weighted by molar-refractivity contribution is 14.0. The van der Waals surface area contributed by atoms with Crippen LogP contribution in [0.1, 0.15) is 25.0 Å². The van der Waals surface area contributed by atoms with E-state index in [0.717, 1.165) is 26.1 Å². The van der Waals surface area contributed by atoms with Crippen molar-refractivity contribution in [3.63, 3.8) is 0 Å². The molecule has 1 aliphatic heterocycles. The number of guanidine groups is 1. The molecular formula is C16H25IN4O. The van der Waals surface area contributed by atoms with Gasteiger partial charge >= 0.3 is 0 Å². The molecule has 0 saturated carbocycles. The van der Waals surface area contributed by atoms with Crippen LogP contribution in [-0.4, -0.2) is 47.8 Å². The number of hydrogen-bond donors (Lipinski definition) is 1. The van der Waals surface area contributed by atoms with Crippen LogP contribution in [0.4, 0.5) is 0 Å². The molecule has 2 N–H and O–H groups in total. The highest BCUT2D eigenvalue weighted by Gasteiger charge is 2.20. The van der Waals surface area contributed by atoms with Crippen molar-refractivity contribution in [1.29, 1.82) is 0 Å². The molecule has 6 heteroatoms. The van der Waals surface area contributed by atoms with Crippen molar-refractivity contribution in [2.45, 2.75) is 26.8 Å². The first-order valence-corrected chi connectivity index (χ1v) is 7.55. The van der Waals surface area contributed by atoms with E-state index < -0.39 is 0 Å². The Hall–Kier alpha value is -1.31. The van der Waals surface area contributed by atoms with Gasteiger partial charge in [-0.05, 0) is 31.4 Å². The summed E-state index contributed by atoms with van der Waals surface area (Å²) in [5.41, 5.74) is 8.47. The summed E-state index contributed by atoms with van der Waals surface area (Å²) in [5, 5.41) is 0. The zero-order valence-corrected chi connectivity index (χ0v) is 15.6. The van der Waals surface area contributed by atoms with E-state index in [9.17, 15) is 4.79 Å². The molecule has 0 aliphatic carbocycles. The fraction of sp³-hybridized carbons (Fsp3) is 0.500. The van der Waals surface area contributed by atoms with Crippen LogP contribution in [0.2, 0.25) is 0 Å². The van der Waals surface area contributed by atoms with Crippen molar-refractivity contribution in [3.05, 3.63) is 35.4 Å². The highest BCUT2D eigenvalue weighted by Crippen LogP contribution is 2.18. The summed E-state index contributed by atoms with van der Waals surface area (Å²) in [6, 6.07) is 8.28. The molecule has 22 heavy (non-hydrogen) atoms. The molecule has 1 heterocycles. The van der Waals surface area contributed by atoms with Crippen molar-refractivity contribution in [2.75, 3.05) is 26.2 Å². The van der Waals surface area contributed by atoms with Crippen LogP contribution in [0.25, 0.3) is 0 Å². The Morgan fingerprint density at radius 3 is 2.55 bits per heavy atom. The van der Waals surface area contributed by atoms with E-state index in [-0.39, 0.29) is 36.4 Å². The average Bonchev–Trinajstić information content (AvgIpc) is 2.53. The van der Waals surface area contributed by atoms with Crippen molar-refractivity contribution in [2.24, 2.45) is 10.7 Å². The summed E-state index contributed by atoms with van der Waals surface area (Å²) >= 11 is 0. The Morgan fingerprint density at radius 2 is 1.91 bits per heavy atom. The summed E-state index contributed by atoms with van der Waals surface area (Å²) < 4.78 is 0. The molecule has 1 aromatic rings. The molecule has 5 nitrogen and oxygen atoms in total. The van der Waals surface area contributed by atoms with E-state index in [1.165, 1.54) is 11.1 Å². The lowest BCUT2D eigenvalue weighted by Crippen LogP contribution is -2.40. The lowest BCUT2D eigenvalue weighted by Gasteiger charge is -2.28. The minimum Gasteiger partial charge on any atom is -0.370 e. The van der Waals surface area contributed by atoms with Crippen molar-refractivity contribution in [1.82, 2.24) is 9.80 Å². The number of fused-ring (bicyclic) bond motifs is 1. The number of aliphatic imine (C=N–C) groups is 1. The first-order valence-electron chi connectivity index (χ1n) is 7.55. The molecule has 1 aliphatic rings. The van der Waals surface area contributed by atoms with Crippen molar-refractivity contribution in [3.8, 4) is 0 Å². The summed E-state index contributed by atoms with van der Waals surface area (Å²) in [7, 11) is 0. The number of nitrogens with zero attached hydrogens (tertiary/aromatic N) is 3. The number of carbonyl (C=O) groups excluding carboxylic acids is 1. The maximum atomic E-state index is 12.3. The molecule has 122 valence electrons. The first-order chi connectivity index (χ1) is 10.2. The Labute approximate surface area is 149 Å². The number of halogens is 1. The lowest BCUT2D eigenvalue weighted by molar-refractivity contribution is -0.130. The number of hydrogen-bond acceptors (Lipinski definition) is 2. The van der Waals surface area contributed by atoms with E-state index in [4.69, 9.17) is 5.73 Å². The Kier molecular flexibility index (Phi) is 7.64. The fourth-order valence-electron chi connectivity index (χ4n) is 2.60. The molecule has 1 amide bonds. The number of nitrogens with two attached hydrogens (primary N) is 1. The van der Waals surface area contributed by atoms with Gasteiger partial charge in [-0.3, -0.25) is 4.79 Å². The van der Waals surface area contributed by atoms with E-state index in [1.807, 2.05) is 35.8 Å². The van der Waals surface area contributed by atoms with Gasteiger partial charge in [0, 0.05) is 26.2 Å². The highest BCUT2D eigenvalue weighted by atomic mass is 127. The molecule has 1 aromatic carbocycles. The van der Waals surface area contributed by atoms with Gasteiger partial charge in [0.2, 0.25) is 5.91 Å². The Morgan fingerprint density at radius 1 is 1.27 bits per heavy atom. The van der Waals surface area contributed by atoms with Gasteiger partial charge in [-0.25, -0.2) is 4.99 Å². The average molecular weight is 416 g/mol. The summed E-state index contributed by atoms with van der Waals surface area (Å²) in [6.45, 7) is 7.22. The summed E-state index contributed by atoms with van der Waals surface area (Å²) in [4.78, 5) is 20.3. The van der Waals surface area contributed by atoms with Gasteiger partial charge in [0.25, 0.3) is 0 Å². The predicted molar refractivity (Wildman–Crippen MR) is 100 cm³/mol. The Bertz CT molecular complexity index is 529. The van der Waals surface area contributed by atoms with Gasteiger partial charge in [-0.1, -0.05) is 24.3 Å². The summed E-state index contributed by atoms with van der Waals surface area (Å²) in [5.74, 6) is 0.491. The zero-order valence-electron chi connectivity index (χ0n) is 13.3. The molecule has 0 atom stereocenters. The predicted octanol–water partition coefficient (Wildman–Crippen LogP) is 1.85. The molecule has 2 rings (SSSR count). The standard InChI is InChI=1S/C16H24N4O.HI/c1-3-19(4-2)16(17)18-11-15(21)20-10-9-13-7-5-6-8-14(13)12-20;/h5-8H,3-4,9-12H2,1-2H3,(H2,17,18);1H. The number of rotatable bonds is 4. The van der Waals surface area contributed by atoms with Crippen LogP contribution in [0.15, 0.2) is 29.3 Å². The van der Waals surface area contributed by atoms with E-state index in [2.05, 4.69) is 17.1 Å². The van der Waals surface area contributed by atoms with E-state index >= 15 is 0 Å². The molecular weight excluding hydrogens is 391 g/mol. The van der Waals surface area contributed by atoms with Crippen molar-refractivity contribution >= 4 is 35.8 Å². The van der Waals surface area contributed by atoms with Crippen LogP contribution in [0.3, 0.4) is 0 Å². The van der Waals surface area contributed by atoms with Gasteiger partial charge in [-0.15, -0.1) is 24.0 Å². The van der Waals surface area contributed by atoms with E-state index in [0.29, 0.717) is 12.5 Å². The van der Waals surface area contributed by atoms with Crippen LogP contribution in [0, 0.1) is 0 Å². The summed E-state index contributed by atoms with van der Waals surface area (Å²) in [6.07, 6.45) is 0.914. The second kappa shape index (κ2) is 8.97. The van der Waals surface area contributed by atoms with Gasteiger partial charge in [0.05, 0.1) is 0 Å². The van der Waals surface area contributed by atoms with Gasteiger partial charge in [0.1, 0.15) is 6.54 Å². The third-order valence-electron chi connectivity index (χ3n) is 3.95. The fourth-order valence-corrected chi connectivity index (χ4v) is 2.60. The monoisotopic (exact) mass is 416 g/mol. The van der Waals surface area contributed by atoms with Gasteiger partial charge in [0.15, 0.2) is 5.96 Å². The number of amides is 1. The first kappa shape index (κ1) is 18.7. The molecule has 0 fully saturated rings. The minimum atomic E-state index is 0. The molecule has 0 unspecified atom stereocenters. The lowest BCUT2D eigenvalue weighted by atomic mass is 10.00. The Balaban J connectivity index is 0.00000242. The molecule has 0 aromatic heterocycles. The normalized spacial score (nSPS) is 14.1. The third kappa shape index (κ3) is 4.59. The third-order valence-corrected chi connectivity index (χ3v) is 3.95. The molecule has 0 bridgehead atoms. The molecule has 0 radical (unpaired) electrons. The zero-order chi connectivity index (χ0) is 15.2. The van der Waals surface area contributed by atoms with E-state index in [1.54, 1.807) is 0 Å². The van der Waals surface area contributed by atoms with Crippen LogP contribution in [0.5, 0.6) is 0 Å². The maximum absolute atomic E-state index is 12.3. The largest absolute Gasteiger partial charge is 0.370 e. The quantitative estimate of drug-likeness (QED) is 0.463. The van der Waals surface area contributed by atoms with Crippen LogP contribution < -0.4 is 5.73 Å². The van der Waals surface area contributed by atoms with Crippen LogP contribution >= 0.6 is 24.0 Å². The second-order valence-electron chi connectivity index (χ2n) is 5.18. The topological polar surface area (TPSA) is 61.9 Å². The maximum Gasteiger partial charge on any atom is 0.244 e. The minimum absolute atomic E-state index is 0. The smallest absolute Gasteiger partial charge is 0.244 e. The van der Waals surface area contributed by atoms with Gasteiger partial charge in [-0.2, -0.15) is 0 Å². The molecule has 0 saturated heterocycles. The SMILES string of the molecule is CCN(CC)C(N)=NCC(=O)N1CCc2ccccc2C1.I. The molecule has 0 spiro atoms. The number of carbonyl (C=O) groups is 1.